The second-order valence-electron chi connectivity index (χ2n) is 4.07. The van der Waals surface area contributed by atoms with E-state index in [1.54, 1.807) is 0 Å². The molecular weight excluding hydrogens is 240 g/mol. The molecule has 0 aliphatic carbocycles. The van der Waals surface area contributed by atoms with Crippen molar-refractivity contribution in [3.8, 4) is 0 Å². The van der Waals surface area contributed by atoms with Gasteiger partial charge in [0.2, 0.25) is 0 Å². The fourth-order valence-corrected chi connectivity index (χ4v) is 1.95. The van der Waals surface area contributed by atoms with Gasteiger partial charge in [-0.3, -0.25) is 9.89 Å². The van der Waals surface area contributed by atoms with Crippen LogP contribution in [0.1, 0.15) is 18.9 Å². The summed E-state index contributed by atoms with van der Waals surface area (Å²) in [6.07, 6.45) is 1.96. The topological polar surface area (TPSA) is 93.0 Å². The largest absolute Gasteiger partial charge is 0.389 e. The predicted octanol–water partition coefficient (Wildman–Crippen LogP) is 0.407. The molecule has 92 valence electrons. The number of hydrogen-bond donors (Lipinski definition) is 3. The molecule has 1 fully saturated rings. The van der Waals surface area contributed by atoms with Gasteiger partial charge in [-0.25, -0.2) is 0 Å². The molecule has 1 aromatic rings. The minimum Gasteiger partial charge on any atom is -0.389 e. The van der Waals surface area contributed by atoms with Gasteiger partial charge in [0.1, 0.15) is 16.9 Å². The third-order valence-electron chi connectivity index (χ3n) is 2.80. The Balaban J connectivity index is 2.07. The summed E-state index contributed by atoms with van der Waals surface area (Å²) >= 11 is 4.85. The van der Waals surface area contributed by atoms with Gasteiger partial charge in [-0.1, -0.05) is 19.1 Å². The molecule has 1 aromatic heterocycles. The number of nitrogens with zero attached hydrogens (tertiary/aromatic N) is 1. The van der Waals surface area contributed by atoms with Crippen molar-refractivity contribution >= 4 is 28.9 Å². The van der Waals surface area contributed by atoms with Crippen molar-refractivity contribution in [2.45, 2.75) is 19.4 Å². The number of H-pyrrole nitrogens is 1. The first kappa shape index (κ1) is 12.0. The molecule has 2 atom stereocenters. The first-order chi connectivity index (χ1) is 8.09. The van der Waals surface area contributed by atoms with Gasteiger partial charge in [0.15, 0.2) is 0 Å². The Kier molecular flexibility index (Phi) is 3.39. The van der Waals surface area contributed by atoms with Gasteiger partial charge in [-0.05, 0) is 12.3 Å². The van der Waals surface area contributed by atoms with E-state index in [1.807, 2.05) is 6.92 Å². The number of hydrogen-bond acceptors (Lipinski definition) is 4. The summed E-state index contributed by atoms with van der Waals surface area (Å²) in [6.45, 7) is 2.60. The molecule has 17 heavy (non-hydrogen) atoms. The maximum absolute atomic E-state index is 11.9. The van der Waals surface area contributed by atoms with E-state index in [0.29, 0.717) is 18.0 Å². The smallest absolute Gasteiger partial charge is 0.254 e. The molecule has 1 saturated heterocycles. The molecular formula is C10H14N4O2S. The molecule has 0 aromatic carbocycles. The van der Waals surface area contributed by atoms with Crippen molar-refractivity contribution in [2.75, 3.05) is 11.9 Å². The summed E-state index contributed by atoms with van der Waals surface area (Å²) in [5, 5.41) is 9.14. The zero-order valence-electron chi connectivity index (χ0n) is 9.40. The number of amides is 1. The summed E-state index contributed by atoms with van der Waals surface area (Å²) in [5.74, 6) is 0.438. The minimum absolute atomic E-state index is 0.189. The SMILES string of the molecule is CC1CCOC1C(=O)Nc1[nH]ncc1C(N)=S. The zero-order chi connectivity index (χ0) is 12.4. The van der Waals surface area contributed by atoms with E-state index in [0.717, 1.165) is 6.42 Å². The van der Waals surface area contributed by atoms with E-state index >= 15 is 0 Å². The Morgan fingerprint density at radius 1 is 1.76 bits per heavy atom. The van der Waals surface area contributed by atoms with Crippen LogP contribution in [0, 0.1) is 5.92 Å². The normalized spacial score (nSPS) is 23.6. The number of rotatable bonds is 3. The van der Waals surface area contributed by atoms with E-state index in [-0.39, 0.29) is 16.8 Å². The van der Waals surface area contributed by atoms with E-state index in [9.17, 15) is 4.79 Å². The van der Waals surface area contributed by atoms with E-state index in [2.05, 4.69) is 15.5 Å². The number of aromatic nitrogens is 2. The third-order valence-corrected chi connectivity index (χ3v) is 3.02. The van der Waals surface area contributed by atoms with Crippen LogP contribution >= 0.6 is 12.2 Å². The van der Waals surface area contributed by atoms with Crippen LogP contribution in [0.15, 0.2) is 6.20 Å². The summed E-state index contributed by atoms with van der Waals surface area (Å²) in [4.78, 5) is 12.1. The quantitative estimate of drug-likeness (QED) is 0.679. The average molecular weight is 254 g/mol. The summed E-state index contributed by atoms with van der Waals surface area (Å²) < 4.78 is 5.37. The number of nitrogens with two attached hydrogens (primary N) is 1. The molecule has 6 nitrogen and oxygen atoms in total. The molecule has 1 aliphatic rings. The Bertz CT molecular complexity index is 445. The Labute approximate surface area is 104 Å². The number of anilines is 1. The van der Waals surface area contributed by atoms with Gasteiger partial charge in [-0.2, -0.15) is 5.10 Å². The van der Waals surface area contributed by atoms with E-state index in [1.165, 1.54) is 6.20 Å². The molecule has 2 unspecified atom stereocenters. The molecule has 0 saturated carbocycles. The minimum atomic E-state index is -0.419. The number of carbonyl (C=O) groups excluding carboxylic acids is 1. The van der Waals surface area contributed by atoms with Crippen molar-refractivity contribution in [1.82, 2.24) is 10.2 Å². The zero-order valence-corrected chi connectivity index (χ0v) is 10.2. The van der Waals surface area contributed by atoms with Gasteiger partial charge in [-0.15, -0.1) is 0 Å². The summed E-state index contributed by atoms with van der Waals surface area (Å²) in [7, 11) is 0. The van der Waals surface area contributed by atoms with Crippen molar-refractivity contribution in [3.05, 3.63) is 11.8 Å². The highest BCUT2D eigenvalue weighted by Crippen LogP contribution is 2.21. The fourth-order valence-electron chi connectivity index (χ4n) is 1.79. The second kappa shape index (κ2) is 4.80. The van der Waals surface area contributed by atoms with Crippen LogP contribution < -0.4 is 11.1 Å². The number of aromatic amines is 1. The lowest BCUT2D eigenvalue weighted by Gasteiger charge is -2.14. The molecule has 2 heterocycles. The molecule has 1 aliphatic heterocycles. The van der Waals surface area contributed by atoms with Gasteiger partial charge >= 0.3 is 0 Å². The van der Waals surface area contributed by atoms with Crippen LogP contribution in [0.25, 0.3) is 0 Å². The highest BCUT2D eigenvalue weighted by atomic mass is 32.1. The maximum Gasteiger partial charge on any atom is 0.254 e. The van der Waals surface area contributed by atoms with Crippen molar-refractivity contribution in [2.24, 2.45) is 11.7 Å². The first-order valence-electron chi connectivity index (χ1n) is 5.35. The van der Waals surface area contributed by atoms with Gasteiger partial charge in [0, 0.05) is 6.61 Å². The van der Waals surface area contributed by atoms with Crippen LogP contribution in [-0.4, -0.2) is 33.8 Å². The number of ether oxygens (including phenoxy) is 1. The molecule has 7 heteroatoms. The number of thiocarbonyl (C=S) groups is 1. The lowest BCUT2D eigenvalue weighted by molar-refractivity contribution is -0.126. The first-order valence-corrected chi connectivity index (χ1v) is 5.76. The number of nitrogens with one attached hydrogen (secondary N) is 2. The van der Waals surface area contributed by atoms with E-state index in [4.69, 9.17) is 22.7 Å². The summed E-state index contributed by atoms with van der Waals surface area (Å²) in [5.41, 5.74) is 6.03. The highest BCUT2D eigenvalue weighted by molar-refractivity contribution is 7.80. The van der Waals surface area contributed by atoms with Crippen molar-refractivity contribution in [3.63, 3.8) is 0 Å². The fraction of sp³-hybridized carbons (Fsp3) is 0.500. The van der Waals surface area contributed by atoms with Crippen molar-refractivity contribution < 1.29 is 9.53 Å². The lowest BCUT2D eigenvalue weighted by atomic mass is 10.0. The summed E-state index contributed by atoms with van der Waals surface area (Å²) in [6, 6.07) is 0. The highest BCUT2D eigenvalue weighted by Gasteiger charge is 2.31. The predicted molar refractivity (Wildman–Crippen MR) is 66.6 cm³/mol. The molecule has 2 rings (SSSR count). The van der Waals surface area contributed by atoms with Crippen LogP contribution in [0.3, 0.4) is 0 Å². The van der Waals surface area contributed by atoms with Crippen LogP contribution in [0.5, 0.6) is 0 Å². The van der Waals surface area contributed by atoms with Gasteiger partial charge < -0.3 is 15.8 Å². The number of carbonyl (C=O) groups is 1. The van der Waals surface area contributed by atoms with E-state index < -0.39 is 6.10 Å². The lowest BCUT2D eigenvalue weighted by Crippen LogP contribution is -2.32. The Morgan fingerprint density at radius 3 is 3.12 bits per heavy atom. The molecule has 4 N–H and O–H groups in total. The Hall–Kier alpha value is -1.47. The van der Waals surface area contributed by atoms with Crippen LogP contribution in [-0.2, 0) is 9.53 Å². The molecule has 0 spiro atoms. The second-order valence-corrected chi connectivity index (χ2v) is 4.51. The maximum atomic E-state index is 11.9. The Morgan fingerprint density at radius 2 is 2.53 bits per heavy atom. The molecule has 1 amide bonds. The van der Waals surface area contributed by atoms with Crippen LogP contribution in [0.4, 0.5) is 5.82 Å². The molecule has 0 radical (unpaired) electrons. The van der Waals surface area contributed by atoms with Gasteiger partial charge in [0.25, 0.3) is 5.91 Å². The average Bonchev–Trinajstić information content (AvgIpc) is 2.86. The standard InChI is InChI=1S/C10H14N4O2S/c1-5-2-3-16-7(5)10(15)13-9-6(8(11)17)4-12-14-9/h4-5,7H,2-3H2,1H3,(H2,11,17)(H2,12,13,14,15). The van der Waals surface area contributed by atoms with Gasteiger partial charge in [0.05, 0.1) is 11.8 Å². The third kappa shape index (κ3) is 2.45. The monoisotopic (exact) mass is 254 g/mol. The van der Waals surface area contributed by atoms with Crippen LogP contribution in [0.2, 0.25) is 0 Å². The van der Waals surface area contributed by atoms with Crippen molar-refractivity contribution in [1.29, 1.82) is 0 Å². The molecule has 0 bridgehead atoms.